The lowest BCUT2D eigenvalue weighted by molar-refractivity contribution is -0.141. The van der Waals surface area contributed by atoms with Crippen molar-refractivity contribution in [3.8, 4) is 0 Å². The van der Waals surface area contributed by atoms with Gasteiger partial charge in [-0.3, -0.25) is 4.79 Å². The van der Waals surface area contributed by atoms with E-state index in [1.54, 1.807) is 7.05 Å². The van der Waals surface area contributed by atoms with Gasteiger partial charge in [-0.05, 0) is 12.7 Å². The standard InChI is InChI=1S/C11H16N2O2/c1-3-10-8(6-15-11(10)14)4-9-5-12-7-13(9)2/h5,7-8,10H,3-4,6H2,1-2H3/t8-,10-/m0/s1/i3D2,4D2,10D. The first kappa shape index (κ1) is 5.68. The molecule has 2 heterocycles. The molecule has 0 unspecified atom stereocenters. The van der Waals surface area contributed by atoms with Gasteiger partial charge in [0.1, 0.15) is 0 Å². The lowest BCUT2D eigenvalue weighted by Gasteiger charge is -2.12. The maximum atomic E-state index is 11.8. The van der Waals surface area contributed by atoms with E-state index in [0.717, 1.165) is 6.92 Å². The molecule has 82 valence electrons. The third-order valence-electron chi connectivity index (χ3n) is 2.36. The minimum Gasteiger partial charge on any atom is -0.465 e. The number of aryl methyl sites for hydroxylation is 1. The van der Waals surface area contributed by atoms with Crippen LogP contribution in [0.4, 0.5) is 0 Å². The number of carbonyl (C=O) groups excluding carboxylic acids is 1. The Hall–Kier alpha value is -1.32. The fraction of sp³-hybridized carbons (Fsp3) is 0.636. The molecular formula is C11H16N2O2. The first-order chi connectivity index (χ1) is 9.03. The van der Waals surface area contributed by atoms with E-state index < -0.39 is 30.5 Å². The van der Waals surface area contributed by atoms with E-state index in [0.29, 0.717) is 0 Å². The number of carbonyl (C=O) groups is 1. The highest BCUT2D eigenvalue weighted by atomic mass is 16.5. The summed E-state index contributed by atoms with van der Waals surface area (Å²) in [6.07, 6.45) is -1.61. The number of imidazole rings is 1. The molecule has 0 aliphatic carbocycles. The summed E-state index contributed by atoms with van der Waals surface area (Å²) in [6, 6.07) is 0. The second-order valence-corrected chi connectivity index (χ2v) is 3.35. The number of aromatic nitrogens is 2. The van der Waals surface area contributed by atoms with Gasteiger partial charge in [-0.1, -0.05) is 6.92 Å². The molecule has 0 saturated carbocycles. The van der Waals surface area contributed by atoms with Crippen molar-refractivity contribution < 1.29 is 16.4 Å². The molecule has 0 spiro atoms. The summed E-state index contributed by atoms with van der Waals surface area (Å²) in [5.74, 6) is -4.57. The Balaban J connectivity index is 2.51. The van der Waals surface area contributed by atoms with Crippen LogP contribution in [-0.4, -0.2) is 22.1 Å². The van der Waals surface area contributed by atoms with E-state index >= 15 is 0 Å². The Bertz CT molecular complexity index is 539. The molecule has 1 saturated heterocycles. The highest BCUT2D eigenvalue weighted by Gasteiger charge is 2.35. The van der Waals surface area contributed by atoms with Crippen LogP contribution < -0.4 is 0 Å². The molecule has 4 heteroatoms. The zero-order valence-electron chi connectivity index (χ0n) is 13.7. The van der Waals surface area contributed by atoms with Gasteiger partial charge in [0.05, 0.1) is 18.8 Å². The van der Waals surface area contributed by atoms with E-state index in [1.807, 2.05) is 0 Å². The van der Waals surface area contributed by atoms with Crippen LogP contribution in [0.1, 0.15) is 25.8 Å². The number of hydrogen-bond donors (Lipinski definition) is 0. The monoisotopic (exact) mass is 213 g/mol. The van der Waals surface area contributed by atoms with Crippen molar-refractivity contribution in [2.75, 3.05) is 6.61 Å². The second-order valence-electron chi connectivity index (χ2n) is 3.35. The normalized spacial score (nSPS) is 37.3. The van der Waals surface area contributed by atoms with Crippen LogP contribution in [0.3, 0.4) is 0 Å². The summed E-state index contributed by atoms with van der Waals surface area (Å²) in [5.41, 5.74) is 0.182. The first-order valence-corrected chi connectivity index (χ1v) is 4.67. The molecule has 0 radical (unpaired) electrons. The Morgan fingerprint density at radius 1 is 1.87 bits per heavy atom. The summed E-state index contributed by atoms with van der Waals surface area (Å²) < 4.78 is 46.4. The molecule has 1 aromatic heterocycles. The molecule has 1 aliphatic rings. The number of esters is 1. The number of ether oxygens (including phenoxy) is 1. The summed E-state index contributed by atoms with van der Waals surface area (Å²) in [4.78, 5) is 15.6. The smallest absolute Gasteiger partial charge is 0.309 e. The average Bonchev–Trinajstić information content (AvgIpc) is 2.85. The molecule has 0 N–H and O–H groups in total. The number of nitrogens with zero attached hydrogens (tertiary/aromatic N) is 2. The average molecular weight is 213 g/mol. The summed E-state index contributed by atoms with van der Waals surface area (Å²) in [5, 5.41) is 0. The molecule has 0 bridgehead atoms. The molecule has 1 aromatic rings. The van der Waals surface area contributed by atoms with Crippen molar-refractivity contribution in [3.63, 3.8) is 0 Å². The largest absolute Gasteiger partial charge is 0.465 e. The van der Waals surface area contributed by atoms with Crippen molar-refractivity contribution in [2.24, 2.45) is 18.9 Å². The summed E-state index contributed by atoms with van der Waals surface area (Å²) in [7, 11) is 1.60. The van der Waals surface area contributed by atoms with E-state index in [4.69, 9.17) is 11.6 Å². The molecule has 0 amide bonds. The lowest BCUT2D eigenvalue weighted by Crippen LogP contribution is -2.18. The van der Waals surface area contributed by atoms with Gasteiger partial charge in [0.25, 0.3) is 0 Å². The van der Waals surface area contributed by atoms with Crippen molar-refractivity contribution in [1.82, 2.24) is 9.55 Å². The topological polar surface area (TPSA) is 44.1 Å². The Morgan fingerprint density at radius 3 is 3.27 bits per heavy atom. The van der Waals surface area contributed by atoms with Gasteiger partial charge in [-0.2, -0.15) is 0 Å². The maximum Gasteiger partial charge on any atom is 0.309 e. The van der Waals surface area contributed by atoms with Gasteiger partial charge in [-0.25, -0.2) is 4.98 Å². The minimum absolute atomic E-state index is 0.182. The van der Waals surface area contributed by atoms with Crippen molar-refractivity contribution in [1.29, 1.82) is 0 Å². The zero-order valence-corrected chi connectivity index (χ0v) is 8.65. The summed E-state index contributed by atoms with van der Waals surface area (Å²) >= 11 is 0. The SMILES string of the molecule is [2H]C([2H])(c1cncn1C)[C@H]1COC(=O)[C@@]1([2H])C([2H])([2H])C. The number of cyclic esters (lactones) is 1. The highest BCUT2D eigenvalue weighted by molar-refractivity contribution is 5.74. The van der Waals surface area contributed by atoms with Crippen molar-refractivity contribution in [3.05, 3.63) is 18.2 Å². The molecular weight excluding hydrogens is 192 g/mol. The third kappa shape index (κ3) is 1.89. The fourth-order valence-corrected chi connectivity index (χ4v) is 1.53. The lowest BCUT2D eigenvalue weighted by atomic mass is 9.89. The Labute approximate surface area is 96.3 Å². The minimum atomic E-state index is -2.29. The molecule has 15 heavy (non-hydrogen) atoms. The van der Waals surface area contributed by atoms with E-state index in [-0.39, 0.29) is 12.3 Å². The van der Waals surface area contributed by atoms with E-state index in [2.05, 4.69) is 4.98 Å². The van der Waals surface area contributed by atoms with E-state index in [9.17, 15) is 4.79 Å². The zero-order chi connectivity index (χ0) is 15.3. The van der Waals surface area contributed by atoms with Crippen molar-refractivity contribution >= 4 is 5.97 Å². The summed E-state index contributed by atoms with van der Waals surface area (Å²) in [6.45, 7) is 0.771. The highest BCUT2D eigenvalue weighted by Crippen LogP contribution is 2.27. The van der Waals surface area contributed by atoms with Crippen molar-refractivity contribution in [2.45, 2.75) is 19.7 Å². The number of rotatable bonds is 3. The molecule has 0 aromatic carbocycles. The van der Waals surface area contributed by atoms with Gasteiger partial charge in [-0.15, -0.1) is 0 Å². The predicted octanol–water partition coefficient (Wildman–Crippen LogP) is 1.16. The predicted molar refractivity (Wildman–Crippen MR) is 55.1 cm³/mol. The quantitative estimate of drug-likeness (QED) is 0.708. The molecule has 2 rings (SSSR count). The van der Waals surface area contributed by atoms with E-state index in [1.165, 1.54) is 17.1 Å². The van der Waals surface area contributed by atoms with Crippen LogP contribution in [0, 0.1) is 11.8 Å². The van der Waals surface area contributed by atoms with Gasteiger partial charge in [0, 0.05) is 31.7 Å². The molecule has 4 nitrogen and oxygen atoms in total. The maximum absolute atomic E-state index is 11.8. The van der Waals surface area contributed by atoms with Crippen LogP contribution in [0.25, 0.3) is 0 Å². The van der Waals surface area contributed by atoms with Crippen LogP contribution in [0.5, 0.6) is 0 Å². The number of hydrogen-bond acceptors (Lipinski definition) is 3. The van der Waals surface area contributed by atoms with Gasteiger partial charge >= 0.3 is 5.97 Å². The van der Waals surface area contributed by atoms with Crippen LogP contribution in [0.2, 0.25) is 0 Å². The Morgan fingerprint density at radius 2 is 2.67 bits per heavy atom. The van der Waals surface area contributed by atoms with Crippen LogP contribution in [-0.2, 0) is 23.0 Å². The fourth-order valence-electron chi connectivity index (χ4n) is 1.53. The van der Waals surface area contributed by atoms with Gasteiger partial charge in [0.15, 0.2) is 0 Å². The van der Waals surface area contributed by atoms with Crippen LogP contribution >= 0.6 is 0 Å². The first-order valence-electron chi connectivity index (χ1n) is 7.17. The Kier molecular flexibility index (Phi) is 1.53. The van der Waals surface area contributed by atoms with Crippen LogP contribution in [0.15, 0.2) is 12.5 Å². The van der Waals surface area contributed by atoms with Gasteiger partial charge in [0.2, 0.25) is 0 Å². The second kappa shape index (κ2) is 4.04. The molecule has 2 atom stereocenters. The molecule has 1 fully saturated rings. The van der Waals surface area contributed by atoms with Gasteiger partial charge < -0.3 is 9.30 Å². The third-order valence-corrected chi connectivity index (χ3v) is 2.36. The molecule has 1 aliphatic heterocycles.